The average molecular weight is 910 g/mol. The lowest BCUT2D eigenvalue weighted by atomic mass is 9.59. The Morgan fingerprint density at radius 3 is 1.35 bits per heavy atom. The number of hydrogen-bond acceptors (Lipinski definition) is 12. The summed E-state index contributed by atoms with van der Waals surface area (Å²) in [5.74, 6) is 2.21. The van der Waals surface area contributed by atoms with Crippen LogP contribution >= 0.6 is 0 Å². The number of methoxy groups -OCH3 is 4. The molecule has 7 aromatic rings. The summed E-state index contributed by atoms with van der Waals surface area (Å²) in [5, 5.41) is 10.6. The summed E-state index contributed by atoms with van der Waals surface area (Å²) in [7, 11) is 2.17. The molecule has 1 fully saturated rings. The van der Waals surface area contributed by atoms with Crippen LogP contribution in [0.4, 0.5) is 5.82 Å². The number of nitrogens with zero attached hydrogens (tertiary/aromatic N) is 2. The molecule has 6 aromatic carbocycles. The van der Waals surface area contributed by atoms with E-state index in [1.807, 2.05) is 158 Å². The Kier molecular flexibility index (Phi) is 13.0. The van der Waals surface area contributed by atoms with Crippen molar-refractivity contribution in [2.24, 2.45) is 0 Å². The van der Waals surface area contributed by atoms with E-state index in [0.29, 0.717) is 56.4 Å². The van der Waals surface area contributed by atoms with Crippen molar-refractivity contribution in [3.05, 3.63) is 213 Å². The highest BCUT2D eigenvalue weighted by Crippen LogP contribution is 2.56. The van der Waals surface area contributed by atoms with E-state index in [9.17, 15) is 13.5 Å². The molecule has 0 aliphatic carbocycles. The second kappa shape index (κ2) is 18.9. The minimum atomic E-state index is -4.18. The van der Waals surface area contributed by atoms with Crippen molar-refractivity contribution in [1.82, 2.24) is 9.55 Å². The second-order valence-corrected chi connectivity index (χ2v) is 17.5. The average Bonchev–Trinajstić information content (AvgIpc) is 3.74. The molecule has 1 aliphatic rings. The Hall–Kier alpha value is -6.97. The van der Waals surface area contributed by atoms with Gasteiger partial charge in [-0.25, -0.2) is 4.79 Å². The highest BCUT2D eigenvalue weighted by Gasteiger charge is 2.53. The minimum Gasteiger partial charge on any atom is -0.497 e. The van der Waals surface area contributed by atoms with Gasteiger partial charge in [0, 0.05) is 12.0 Å². The Morgan fingerprint density at radius 2 is 0.985 bits per heavy atom. The van der Waals surface area contributed by atoms with Crippen LogP contribution in [0.3, 0.4) is 0 Å². The fourth-order valence-electron chi connectivity index (χ4n) is 9.48. The molecule has 0 bridgehead atoms. The molecule has 1 aliphatic heterocycles. The first-order valence-corrected chi connectivity index (χ1v) is 23.0. The molecule has 0 spiro atoms. The first kappa shape index (κ1) is 45.6. The van der Waals surface area contributed by atoms with E-state index in [-0.39, 0.29) is 17.9 Å². The monoisotopic (exact) mass is 909 g/mol. The number of rotatable bonds is 16. The van der Waals surface area contributed by atoms with E-state index in [1.165, 1.54) is 4.57 Å². The van der Waals surface area contributed by atoms with Gasteiger partial charge in [0.2, 0.25) is 0 Å². The zero-order chi connectivity index (χ0) is 46.6. The summed E-state index contributed by atoms with van der Waals surface area (Å²) in [6, 6.07) is 49.6. The van der Waals surface area contributed by atoms with E-state index in [4.69, 9.17) is 33.6 Å². The minimum absolute atomic E-state index is 0.0793. The van der Waals surface area contributed by atoms with Crippen LogP contribution in [0.2, 0.25) is 0 Å². The lowest BCUT2D eigenvalue weighted by Crippen LogP contribution is -2.48. The van der Waals surface area contributed by atoms with Crippen LogP contribution in [-0.4, -0.2) is 76.6 Å². The van der Waals surface area contributed by atoms with Gasteiger partial charge in [0.25, 0.3) is 10.1 Å². The number of nitrogens with two attached hydrogens (primary N) is 1. The number of nitrogen functional groups attached to an aromatic ring is 1. The Balaban J connectivity index is 1.71. The normalized spacial score (nSPS) is 16.4. The Morgan fingerprint density at radius 1 is 0.621 bits per heavy atom. The summed E-state index contributed by atoms with van der Waals surface area (Å²) in [5.41, 5.74) is 8.38. The van der Waals surface area contributed by atoms with Crippen LogP contribution in [0.25, 0.3) is 0 Å². The SMILES string of the molecule is COc1ccc(C(c2ccccc2)(c2ccc(OC)cc2)c2c(N)nc(=O)n([C@@H]3O[C@H](CO)C[C@@H]3OS(C)(=O)=O)c2C(c2ccccc2)(c2ccc(OC)cc2)c2ccc(OC)cc2)cc1. The van der Waals surface area contributed by atoms with E-state index in [0.717, 1.165) is 11.8 Å². The maximum Gasteiger partial charge on any atom is 0.352 e. The van der Waals surface area contributed by atoms with Crippen molar-refractivity contribution in [2.75, 3.05) is 47.0 Å². The first-order chi connectivity index (χ1) is 31.9. The molecule has 340 valence electrons. The van der Waals surface area contributed by atoms with E-state index >= 15 is 4.79 Å². The molecule has 8 rings (SSSR count). The third-order valence-corrected chi connectivity index (χ3v) is 12.9. The van der Waals surface area contributed by atoms with Crippen molar-refractivity contribution in [3.63, 3.8) is 0 Å². The largest absolute Gasteiger partial charge is 0.497 e. The molecule has 3 N–H and O–H groups in total. The fraction of sp³-hybridized carbons (Fsp3) is 0.231. The molecule has 66 heavy (non-hydrogen) atoms. The molecule has 1 aromatic heterocycles. The number of aliphatic hydroxyl groups is 1. The van der Waals surface area contributed by atoms with Crippen LogP contribution < -0.4 is 30.4 Å². The van der Waals surface area contributed by atoms with Crippen LogP contribution in [0, 0.1) is 0 Å². The number of aliphatic hydroxyl groups excluding tert-OH is 1. The smallest absolute Gasteiger partial charge is 0.352 e. The zero-order valence-electron chi connectivity index (χ0n) is 37.2. The molecular weight excluding hydrogens is 859 g/mol. The van der Waals surface area contributed by atoms with E-state index in [2.05, 4.69) is 4.98 Å². The van der Waals surface area contributed by atoms with E-state index in [1.54, 1.807) is 28.4 Å². The molecule has 0 saturated carbocycles. The van der Waals surface area contributed by atoms with Crippen LogP contribution in [-0.2, 0) is 29.9 Å². The standard InChI is InChI=1S/C52H51N3O10S/c1-60-40-24-16-36(17-25-40)51(34-12-8-6-9-13-34,37-18-26-41(61-2)27-19-37)46-47(55(50(57)54-48(46)53)49-45(65-66(5,58)59)32-44(33-56)64-49)52(35-14-10-7-11-15-35,38-20-28-42(62-3)29-21-38)39-22-30-43(63-4)31-23-39/h6-31,44-45,49,56H,32-33H2,1-5H3,(H2,53,54,57)/t44-,45-,49+/m0/s1. The van der Waals surface area contributed by atoms with Gasteiger partial charge in [-0.3, -0.25) is 8.75 Å². The summed E-state index contributed by atoms with van der Waals surface area (Å²) < 4.78 is 62.9. The van der Waals surface area contributed by atoms with Crippen molar-refractivity contribution >= 4 is 15.9 Å². The lowest BCUT2D eigenvalue weighted by Gasteiger charge is -2.45. The summed E-state index contributed by atoms with van der Waals surface area (Å²) in [6.07, 6.45) is -2.86. The van der Waals surface area contributed by atoms with E-state index < -0.39 is 51.7 Å². The topological polar surface area (TPSA) is 171 Å². The molecule has 1 saturated heterocycles. The molecule has 14 heteroatoms. The zero-order valence-corrected chi connectivity index (χ0v) is 38.0. The van der Waals surface area contributed by atoms with Crippen LogP contribution in [0.1, 0.15) is 57.3 Å². The van der Waals surface area contributed by atoms with Gasteiger partial charge in [0.05, 0.1) is 63.9 Å². The molecule has 3 atom stereocenters. The van der Waals surface area contributed by atoms with Gasteiger partial charge < -0.3 is 34.5 Å². The van der Waals surface area contributed by atoms with Crippen LogP contribution in [0.15, 0.2) is 163 Å². The summed E-state index contributed by atoms with van der Waals surface area (Å²) in [4.78, 5) is 20.2. The second-order valence-electron chi connectivity index (χ2n) is 15.9. The summed E-state index contributed by atoms with van der Waals surface area (Å²) >= 11 is 0. The lowest BCUT2D eigenvalue weighted by molar-refractivity contribution is -0.0491. The predicted molar refractivity (Wildman–Crippen MR) is 251 cm³/mol. The van der Waals surface area contributed by atoms with Crippen molar-refractivity contribution in [1.29, 1.82) is 0 Å². The van der Waals surface area contributed by atoms with Crippen molar-refractivity contribution in [3.8, 4) is 23.0 Å². The molecule has 0 radical (unpaired) electrons. The van der Waals surface area contributed by atoms with Gasteiger partial charge in [-0.2, -0.15) is 13.4 Å². The third-order valence-electron chi connectivity index (χ3n) is 12.3. The number of hydrogen-bond donors (Lipinski definition) is 2. The highest BCUT2D eigenvalue weighted by atomic mass is 32.2. The van der Waals surface area contributed by atoms with Gasteiger partial charge in [0.15, 0.2) is 6.23 Å². The Labute approximate surface area is 384 Å². The molecule has 13 nitrogen and oxygen atoms in total. The highest BCUT2D eigenvalue weighted by molar-refractivity contribution is 7.86. The fourth-order valence-corrected chi connectivity index (χ4v) is 10.1. The van der Waals surface area contributed by atoms with Gasteiger partial charge in [0.1, 0.15) is 34.9 Å². The number of ether oxygens (including phenoxy) is 5. The summed E-state index contributed by atoms with van der Waals surface area (Å²) in [6.45, 7) is -0.494. The number of benzene rings is 6. The maximum absolute atomic E-state index is 15.5. The molecular formula is C52H51N3O10S. The quantitative estimate of drug-likeness (QED) is 0.0737. The van der Waals surface area contributed by atoms with Gasteiger partial charge in [-0.05, 0) is 81.9 Å². The van der Waals surface area contributed by atoms with Gasteiger partial charge in [-0.1, -0.05) is 109 Å². The maximum atomic E-state index is 15.5. The Bertz CT molecular complexity index is 2840. The van der Waals surface area contributed by atoms with Gasteiger partial charge in [-0.15, -0.1) is 0 Å². The molecule has 2 heterocycles. The first-order valence-electron chi connectivity index (χ1n) is 21.2. The molecule has 0 unspecified atom stereocenters. The van der Waals surface area contributed by atoms with Crippen molar-refractivity contribution in [2.45, 2.75) is 35.7 Å². The van der Waals surface area contributed by atoms with Gasteiger partial charge >= 0.3 is 5.69 Å². The predicted octanol–water partition coefficient (Wildman–Crippen LogP) is 7.25. The molecule has 0 amide bonds. The van der Waals surface area contributed by atoms with Crippen molar-refractivity contribution < 1.29 is 41.4 Å². The number of aromatic nitrogens is 2. The number of anilines is 1. The third kappa shape index (κ3) is 8.17. The van der Waals surface area contributed by atoms with Crippen LogP contribution in [0.5, 0.6) is 23.0 Å².